The Morgan fingerprint density at radius 3 is 2.61 bits per heavy atom. The second kappa shape index (κ2) is 6.03. The average molecular weight is 265 g/mol. The van der Waals surface area contributed by atoms with E-state index in [1.807, 2.05) is 30.3 Å². The molecule has 1 aromatic carbocycles. The fourth-order valence-corrected chi connectivity index (χ4v) is 2.25. The Labute approximate surface area is 112 Å². The van der Waals surface area contributed by atoms with Crippen LogP contribution < -0.4 is 0 Å². The van der Waals surface area contributed by atoms with Gasteiger partial charge in [-0.2, -0.15) is 5.10 Å². The van der Waals surface area contributed by atoms with Gasteiger partial charge in [0.15, 0.2) is 0 Å². The Hall–Kier alpha value is -1.32. The smallest absolute Gasteiger partial charge is 0.133 e. The van der Waals surface area contributed by atoms with E-state index in [4.69, 9.17) is 11.6 Å². The summed E-state index contributed by atoms with van der Waals surface area (Å²) in [6.45, 7) is 2.67. The molecule has 1 aromatic heterocycles. The highest BCUT2D eigenvalue weighted by atomic mass is 35.5. The van der Waals surface area contributed by atoms with Crippen LogP contribution in [0.15, 0.2) is 30.3 Å². The third kappa shape index (κ3) is 2.74. The molecule has 0 fully saturated rings. The first-order chi connectivity index (χ1) is 8.76. The summed E-state index contributed by atoms with van der Waals surface area (Å²) in [5, 5.41) is 14.4. The highest BCUT2D eigenvalue weighted by Gasteiger charge is 2.14. The van der Waals surface area contributed by atoms with Crippen molar-refractivity contribution in [2.75, 3.05) is 0 Å². The van der Waals surface area contributed by atoms with Gasteiger partial charge in [-0.15, -0.1) is 0 Å². The van der Waals surface area contributed by atoms with E-state index in [1.54, 1.807) is 4.68 Å². The van der Waals surface area contributed by atoms with Crippen LogP contribution in [0.4, 0.5) is 0 Å². The monoisotopic (exact) mass is 264 g/mol. The Bertz CT molecular complexity index is 508. The van der Waals surface area contributed by atoms with Crippen molar-refractivity contribution in [3.8, 4) is 0 Å². The van der Waals surface area contributed by atoms with Crippen LogP contribution in [-0.2, 0) is 19.6 Å². The van der Waals surface area contributed by atoms with E-state index in [1.165, 1.54) is 0 Å². The van der Waals surface area contributed by atoms with Crippen LogP contribution in [0, 0.1) is 0 Å². The second-order valence-electron chi connectivity index (χ2n) is 4.27. The molecule has 0 saturated heterocycles. The molecule has 1 N–H and O–H groups in total. The molecule has 0 bridgehead atoms. The zero-order valence-electron chi connectivity index (χ0n) is 10.4. The molecule has 3 nitrogen and oxygen atoms in total. The minimum Gasteiger partial charge on any atom is -0.391 e. The van der Waals surface area contributed by atoms with Gasteiger partial charge in [-0.3, -0.25) is 0 Å². The van der Waals surface area contributed by atoms with E-state index >= 15 is 0 Å². The predicted octanol–water partition coefficient (Wildman–Crippen LogP) is 3.03. The first kappa shape index (κ1) is 13.1. The predicted molar refractivity (Wildman–Crippen MR) is 72.7 cm³/mol. The van der Waals surface area contributed by atoms with Crippen molar-refractivity contribution in [3.63, 3.8) is 0 Å². The summed E-state index contributed by atoms with van der Waals surface area (Å²) in [6, 6.07) is 10.0. The van der Waals surface area contributed by atoms with Crippen molar-refractivity contribution in [3.05, 3.63) is 52.3 Å². The molecular formula is C14H17ClN2O. The van der Waals surface area contributed by atoms with E-state index < -0.39 is 0 Å². The molecule has 0 aliphatic heterocycles. The van der Waals surface area contributed by atoms with Gasteiger partial charge in [0.2, 0.25) is 0 Å². The molecule has 4 heteroatoms. The van der Waals surface area contributed by atoms with Crippen molar-refractivity contribution in [2.45, 2.75) is 32.9 Å². The number of aryl methyl sites for hydroxylation is 1. The van der Waals surface area contributed by atoms with Gasteiger partial charge in [-0.25, -0.2) is 4.68 Å². The zero-order chi connectivity index (χ0) is 13.0. The zero-order valence-corrected chi connectivity index (χ0v) is 11.2. The van der Waals surface area contributed by atoms with Crippen LogP contribution >= 0.6 is 11.6 Å². The molecule has 18 heavy (non-hydrogen) atoms. The quantitative estimate of drug-likeness (QED) is 0.901. The number of benzene rings is 1. The summed E-state index contributed by atoms with van der Waals surface area (Å²) in [5.74, 6) is 0. The number of halogens is 1. The lowest BCUT2D eigenvalue weighted by atomic mass is 10.2. The lowest BCUT2D eigenvalue weighted by Gasteiger charge is -2.03. The van der Waals surface area contributed by atoms with E-state index in [0.29, 0.717) is 11.7 Å². The molecule has 0 aliphatic carbocycles. The molecule has 2 rings (SSSR count). The molecule has 0 saturated carbocycles. The van der Waals surface area contributed by atoms with Crippen LogP contribution in [-0.4, -0.2) is 14.9 Å². The summed E-state index contributed by atoms with van der Waals surface area (Å²) in [4.78, 5) is 0. The van der Waals surface area contributed by atoms with Gasteiger partial charge in [0, 0.05) is 5.56 Å². The first-order valence-corrected chi connectivity index (χ1v) is 6.53. The summed E-state index contributed by atoms with van der Waals surface area (Å²) in [7, 11) is 0. The molecule has 96 valence electrons. The number of aliphatic hydroxyl groups is 1. The second-order valence-corrected chi connectivity index (χ2v) is 4.63. The minimum absolute atomic E-state index is 0.0526. The van der Waals surface area contributed by atoms with E-state index in [0.717, 1.165) is 29.7 Å². The van der Waals surface area contributed by atoms with E-state index in [9.17, 15) is 5.11 Å². The van der Waals surface area contributed by atoms with Crippen molar-refractivity contribution >= 4 is 11.6 Å². The Morgan fingerprint density at radius 2 is 2.00 bits per heavy atom. The van der Waals surface area contributed by atoms with E-state index in [-0.39, 0.29) is 6.61 Å². The molecule has 0 atom stereocenters. The molecule has 0 spiro atoms. The third-order valence-corrected chi connectivity index (χ3v) is 3.31. The number of hydrogen-bond acceptors (Lipinski definition) is 2. The lowest BCUT2D eigenvalue weighted by Crippen LogP contribution is -2.02. The van der Waals surface area contributed by atoms with Gasteiger partial charge in [0.1, 0.15) is 5.15 Å². The Morgan fingerprint density at radius 1 is 1.28 bits per heavy atom. The topological polar surface area (TPSA) is 38.0 Å². The van der Waals surface area contributed by atoms with Gasteiger partial charge in [-0.1, -0.05) is 55.3 Å². The van der Waals surface area contributed by atoms with Crippen molar-refractivity contribution in [2.24, 2.45) is 0 Å². The van der Waals surface area contributed by atoms with Crippen molar-refractivity contribution in [1.82, 2.24) is 9.78 Å². The Kier molecular flexibility index (Phi) is 4.39. The molecule has 0 radical (unpaired) electrons. The van der Waals surface area contributed by atoms with Gasteiger partial charge in [0.05, 0.1) is 18.8 Å². The molecule has 2 aromatic rings. The lowest BCUT2D eigenvalue weighted by molar-refractivity contribution is 0.280. The fourth-order valence-electron chi connectivity index (χ4n) is 1.98. The summed E-state index contributed by atoms with van der Waals surface area (Å²) in [6.07, 6.45) is 1.84. The van der Waals surface area contributed by atoms with Crippen LogP contribution in [0.1, 0.15) is 30.2 Å². The largest absolute Gasteiger partial charge is 0.391 e. The highest BCUT2D eigenvalue weighted by Crippen LogP contribution is 2.22. The highest BCUT2D eigenvalue weighted by molar-refractivity contribution is 6.30. The van der Waals surface area contributed by atoms with Crippen LogP contribution in [0.3, 0.4) is 0 Å². The third-order valence-electron chi connectivity index (χ3n) is 2.89. The fraction of sp³-hybridized carbons (Fsp3) is 0.357. The normalized spacial score (nSPS) is 10.8. The van der Waals surface area contributed by atoms with Crippen molar-refractivity contribution < 1.29 is 5.11 Å². The Balaban J connectivity index is 2.28. The molecule has 1 heterocycles. The number of aliphatic hydroxyl groups excluding tert-OH is 1. The van der Waals surface area contributed by atoms with E-state index in [2.05, 4.69) is 12.0 Å². The summed E-state index contributed by atoms with van der Waals surface area (Å²) < 4.78 is 1.76. The molecule has 0 unspecified atom stereocenters. The SMILES string of the molecule is CCCc1nn(Cc2ccccc2)c(Cl)c1CO. The summed E-state index contributed by atoms with van der Waals surface area (Å²) in [5.41, 5.74) is 2.81. The number of hydrogen-bond donors (Lipinski definition) is 1. The molecule has 0 aliphatic rings. The van der Waals surface area contributed by atoms with Gasteiger partial charge in [0.25, 0.3) is 0 Å². The maximum atomic E-state index is 9.37. The van der Waals surface area contributed by atoms with Crippen LogP contribution in [0.5, 0.6) is 0 Å². The number of rotatable bonds is 5. The number of nitrogens with zero attached hydrogens (tertiary/aromatic N) is 2. The first-order valence-electron chi connectivity index (χ1n) is 6.15. The minimum atomic E-state index is -0.0526. The maximum absolute atomic E-state index is 9.37. The van der Waals surface area contributed by atoms with Gasteiger partial charge < -0.3 is 5.11 Å². The molecule has 0 amide bonds. The van der Waals surface area contributed by atoms with Gasteiger partial charge >= 0.3 is 0 Å². The number of aromatic nitrogens is 2. The summed E-state index contributed by atoms with van der Waals surface area (Å²) >= 11 is 6.26. The van der Waals surface area contributed by atoms with Crippen LogP contribution in [0.2, 0.25) is 5.15 Å². The van der Waals surface area contributed by atoms with Gasteiger partial charge in [-0.05, 0) is 12.0 Å². The van der Waals surface area contributed by atoms with Crippen molar-refractivity contribution in [1.29, 1.82) is 0 Å². The molecular weight excluding hydrogens is 248 g/mol. The average Bonchev–Trinajstić information content (AvgIpc) is 2.67. The standard InChI is InChI=1S/C14H17ClN2O/c1-2-6-13-12(10-18)14(15)17(16-13)9-11-7-4-3-5-8-11/h3-5,7-8,18H,2,6,9-10H2,1H3. The van der Waals surface area contributed by atoms with Crippen LogP contribution in [0.25, 0.3) is 0 Å². The maximum Gasteiger partial charge on any atom is 0.133 e.